The average molecular weight is 330 g/mol. The fraction of sp³-hybridized carbons (Fsp3) is 0.579. The molecule has 1 fully saturated rings. The molecule has 5 heteroatoms. The van der Waals surface area contributed by atoms with Gasteiger partial charge in [-0.1, -0.05) is 42.7 Å². The molecular weight excluding hydrogens is 300 g/mol. The number of rotatable bonds is 5. The molecule has 0 radical (unpaired) electrons. The first-order valence-corrected chi connectivity index (χ1v) is 8.69. The lowest BCUT2D eigenvalue weighted by molar-refractivity contribution is -0.138. The van der Waals surface area contributed by atoms with Gasteiger partial charge in [0.1, 0.15) is 0 Å². The Kier molecular flexibility index (Phi) is 6.23. The van der Waals surface area contributed by atoms with E-state index in [1.54, 1.807) is 11.9 Å². The highest BCUT2D eigenvalue weighted by Gasteiger charge is 2.42. The predicted molar refractivity (Wildman–Crippen MR) is 99.0 cm³/mol. The second-order valence-corrected chi connectivity index (χ2v) is 6.95. The molecule has 1 aliphatic carbocycles. The number of carbonyl (C=O) groups excluding carboxylic acids is 1. The summed E-state index contributed by atoms with van der Waals surface area (Å²) in [5, 5.41) is 6.69. The number of nitrogens with one attached hydrogen (secondary N) is 2. The highest BCUT2D eigenvalue weighted by Crippen LogP contribution is 2.38. The van der Waals surface area contributed by atoms with Gasteiger partial charge in [0.05, 0.1) is 5.41 Å². The first-order valence-electron chi connectivity index (χ1n) is 8.69. The monoisotopic (exact) mass is 330 g/mol. The second kappa shape index (κ2) is 8.18. The van der Waals surface area contributed by atoms with E-state index in [1.165, 1.54) is 11.1 Å². The van der Waals surface area contributed by atoms with E-state index in [4.69, 9.17) is 0 Å². The van der Waals surface area contributed by atoms with Gasteiger partial charge >= 0.3 is 0 Å². The van der Waals surface area contributed by atoms with Gasteiger partial charge in [-0.2, -0.15) is 0 Å². The lowest BCUT2D eigenvalue weighted by Gasteiger charge is -2.31. The summed E-state index contributed by atoms with van der Waals surface area (Å²) in [5.74, 6) is 0.967. The molecule has 2 rings (SSSR count). The Balaban J connectivity index is 1.92. The van der Waals surface area contributed by atoms with Gasteiger partial charge in [-0.15, -0.1) is 0 Å². The van der Waals surface area contributed by atoms with Crippen LogP contribution >= 0.6 is 0 Å². The van der Waals surface area contributed by atoms with Crippen LogP contribution in [0, 0.1) is 12.3 Å². The van der Waals surface area contributed by atoms with E-state index in [9.17, 15) is 4.79 Å². The summed E-state index contributed by atoms with van der Waals surface area (Å²) in [7, 11) is 5.44. The summed E-state index contributed by atoms with van der Waals surface area (Å²) >= 11 is 0. The average Bonchev–Trinajstić information content (AvgIpc) is 3.06. The standard InChI is InChI=1S/C19H30N4O/c1-15-7-9-16(10-8-15)13-21-18(20-2)22-14-19(11-5-6-12-19)17(24)23(3)4/h7-10H,5-6,11-14H2,1-4H3,(H2,20,21,22). The van der Waals surface area contributed by atoms with Crippen molar-refractivity contribution in [3.63, 3.8) is 0 Å². The molecule has 1 saturated carbocycles. The maximum Gasteiger partial charge on any atom is 0.230 e. The third-order valence-electron chi connectivity index (χ3n) is 4.82. The summed E-state index contributed by atoms with van der Waals surface area (Å²) < 4.78 is 0. The van der Waals surface area contributed by atoms with E-state index < -0.39 is 0 Å². The normalized spacial score (nSPS) is 16.8. The minimum absolute atomic E-state index is 0.224. The minimum atomic E-state index is -0.287. The molecule has 2 N–H and O–H groups in total. The van der Waals surface area contributed by atoms with E-state index in [0.717, 1.165) is 31.6 Å². The third-order valence-corrected chi connectivity index (χ3v) is 4.82. The first kappa shape index (κ1) is 18.3. The number of hydrogen-bond donors (Lipinski definition) is 2. The number of aryl methyl sites for hydroxylation is 1. The van der Waals surface area contributed by atoms with E-state index in [1.807, 2.05) is 14.1 Å². The maximum atomic E-state index is 12.6. The number of amides is 1. The zero-order valence-corrected chi connectivity index (χ0v) is 15.4. The third kappa shape index (κ3) is 4.49. The van der Waals surface area contributed by atoms with E-state index >= 15 is 0 Å². The maximum absolute atomic E-state index is 12.6. The molecule has 1 aromatic rings. The van der Waals surface area contributed by atoms with Gasteiger partial charge in [0.25, 0.3) is 0 Å². The van der Waals surface area contributed by atoms with E-state index in [0.29, 0.717) is 13.1 Å². The van der Waals surface area contributed by atoms with Gasteiger partial charge in [0.2, 0.25) is 5.91 Å². The smallest absolute Gasteiger partial charge is 0.230 e. The van der Waals surface area contributed by atoms with E-state index in [-0.39, 0.29) is 11.3 Å². The summed E-state index contributed by atoms with van der Waals surface area (Å²) in [6, 6.07) is 8.44. The second-order valence-electron chi connectivity index (χ2n) is 6.95. The number of benzene rings is 1. The van der Waals surface area contributed by atoms with Gasteiger partial charge in [-0.05, 0) is 25.3 Å². The van der Waals surface area contributed by atoms with Gasteiger partial charge in [0, 0.05) is 34.2 Å². The number of carbonyl (C=O) groups is 1. The quantitative estimate of drug-likeness (QED) is 0.643. The fourth-order valence-electron chi connectivity index (χ4n) is 3.36. The van der Waals surface area contributed by atoms with Gasteiger partial charge in [0.15, 0.2) is 5.96 Å². The van der Waals surface area contributed by atoms with Gasteiger partial charge in [-0.25, -0.2) is 0 Å². The summed E-state index contributed by atoms with van der Waals surface area (Å²) in [6.45, 7) is 3.44. The largest absolute Gasteiger partial charge is 0.355 e. The van der Waals surface area contributed by atoms with Crippen LogP contribution < -0.4 is 10.6 Å². The van der Waals surface area contributed by atoms with Gasteiger partial charge < -0.3 is 15.5 Å². The molecule has 0 atom stereocenters. The molecule has 0 unspecified atom stereocenters. The zero-order valence-electron chi connectivity index (χ0n) is 15.4. The molecule has 0 saturated heterocycles. The Morgan fingerprint density at radius 2 is 1.79 bits per heavy atom. The number of hydrogen-bond acceptors (Lipinski definition) is 2. The molecule has 0 spiro atoms. The topological polar surface area (TPSA) is 56.7 Å². The van der Waals surface area contributed by atoms with Crippen molar-refractivity contribution in [2.75, 3.05) is 27.7 Å². The Bertz CT molecular complexity index is 572. The molecule has 5 nitrogen and oxygen atoms in total. The Labute approximate surface area is 145 Å². The van der Waals surface area contributed by atoms with Crippen molar-refractivity contribution in [2.45, 2.75) is 39.2 Å². The Morgan fingerprint density at radius 3 is 2.33 bits per heavy atom. The van der Waals surface area contributed by atoms with Crippen molar-refractivity contribution < 1.29 is 4.79 Å². The van der Waals surface area contributed by atoms with Crippen molar-refractivity contribution in [3.05, 3.63) is 35.4 Å². The predicted octanol–water partition coefficient (Wildman–Crippen LogP) is 2.31. The zero-order chi connectivity index (χ0) is 17.6. The van der Waals surface area contributed by atoms with Crippen LogP contribution in [0.1, 0.15) is 36.8 Å². The van der Waals surface area contributed by atoms with Crippen LogP contribution in [0.25, 0.3) is 0 Å². The molecule has 1 aromatic carbocycles. The number of guanidine groups is 1. The molecule has 0 aliphatic heterocycles. The molecule has 0 heterocycles. The number of nitrogens with zero attached hydrogens (tertiary/aromatic N) is 2. The molecule has 1 amide bonds. The summed E-state index contributed by atoms with van der Waals surface area (Å²) in [6.07, 6.45) is 4.14. The van der Waals surface area contributed by atoms with E-state index in [2.05, 4.69) is 46.8 Å². The van der Waals surface area contributed by atoms with Crippen LogP contribution in [0.5, 0.6) is 0 Å². The summed E-state index contributed by atoms with van der Waals surface area (Å²) in [4.78, 5) is 18.6. The lowest BCUT2D eigenvalue weighted by atomic mass is 9.84. The summed E-state index contributed by atoms with van der Waals surface area (Å²) in [5.41, 5.74) is 2.18. The highest BCUT2D eigenvalue weighted by atomic mass is 16.2. The SMILES string of the molecule is CN=C(NCc1ccc(C)cc1)NCC1(C(=O)N(C)C)CCCC1. The van der Waals surface area contributed by atoms with Crippen LogP contribution in [0.2, 0.25) is 0 Å². The van der Waals surface area contributed by atoms with Crippen LogP contribution in [0.3, 0.4) is 0 Å². The molecule has 0 bridgehead atoms. The van der Waals surface area contributed by atoms with Crippen LogP contribution in [0.4, 0.5) is 0 Å². The van der Waals surface area contributed by atoms with Crippen molar-refractivity contribution in [2.24, 2.45) is 10.4 Å². The number of aliphatic imine (C=N–C) groups is 1. The van der Waals surface area contributed by atoms with Crippen LogP contribution in [0.15, 0.2) is 29.3 Å². The molecule has 24 heavy (non-hydrogen) atoms. The Hall–Kier alpha value is -2.04. The van der Waals surface area contributed by atoms with Crippen molar-refractivity contribution >= 4 is 11.9 Å². The van der Waals surface area contributed by atoms with Crippen molar-refractivity contribution in [1.82, 2.24) is 15.5 Å². The first-order chi connectivity index (χ1) is 11.5. The van der Waals surface area contributed by atoms with Crippen molar-refractivity contribution in [3.8, 4) is 0 Å². The minimum Gasteiger partial charge on any atom is -0.355 e. The lowest BCUT2D eigenvalue weighted by Crippen LogP contribution is -2.49. The fourth-order valence-corrected chi connectivity index (χ4v) is 3.36. The molecule has 132 valence electrons. The van der Waals surface area contributed by atoms with Crippen molar-refractivity contribution in [1.29, 1.82) is 0 Å². The van der Waals surface area contributed by atoms with Gasteiger partial charge in [-0.3, -0.25) is 9.79 Å². The Morgan fingerprint density at radius 1 is 1.17 bits per heavy atom. The molecule has 0 aromatic heterocycles. The van der Waals surface area contributed by atoms with Crippen LogP contribution in [-0.2, 0) is 11.3 Å². The van der Waals surface area contributed by atoms with Crippen LogP contribution in [-0.4, -0.2) is 44.5 Å². The molecule has 1 aliphatic rings. The highest BCUT2D eigenvalue weighted by molar-refractivity contribution is 5.85. The molecular formula is C19H30N4O.